The lowest BCUT2D eigenvalue weighted by Crippen LogP contribution is -2.39. The van der Waals surface area contributed by atoms with Gasteiger partial charge in [0.15, 0.2) is 5.15 Å². The first-order valence-corrected chi connectivity index (χ1v) is 6.78. The van der Waals surface area contributed by atoms with E-state index in [0.29, 0.717) is 22.7 Å². The van der Waals surface area contributed by atoms with Crippen molar-refractivity contribution in [2.24, 2.45) is 11.8 Å². The first-order chi connectivity index (χ1) is 8.75. The maximum absolute atomic E-state index is 12.2. The summed E-state index contributed by atoms with van der Waals surface area (Å²) in [5.74, 6) is 1.17. The van der Waals surface area contributed by atoms with Crippen LogP contribution in [0.15, 0.2) is 18.3 Å². The Morgan fingerprint density at radius 1 is 1.50 bits per heavy atom. The highest BCUT2D eigenvalue weighted by Crippen LogP contribution is 2.38. The van der Waals surface area contributed by atoms with Crippen LogP contribution in [0.1, 0.15) is 19.3 Å². The minimum absolute atomic E-state index is 0.0132. The van der Waals surface area contributed by atoms with Crippen molar-refractivity contribution in [2.75, 3.05) is 11.9 Å². The third-order valence-corrected chi connectivity index (χ3v) is 4.35. The van der Waals surface area contributed by atoms with Crippen molar-refractivity contribution in [2.45, 2.75) is 25.3 Å². The molecule has 2 fully saturated rings. The van der Waals surface area contributed by atoms with Gasteiger partial charge in [-0.2, -0.15) is 0 Å². The van der Waals surface area contributed by atoms with E-state index in [2.05, 4.69) is 15.6 Å². The van der Waals surface area contributed by atoms with Gasteiger partial charge in [0, 0.05) is 6.20 Å². The van der Waals surface area contributed by atoms with E-state index in [0.717, 1.165) is 13.0 Å². The number of pyridine rings is 1. The SMILES string of the molecule is O=C(Nc1cccnc1Cl)C1NCC2CCCC21. The summed E-state index contributed by atoms with van der Waals surface area (Å²) < 4.78 is 0. The molecule has 1 aromatic rings. The normalized spacial score (nSPS) is 30.2. The molecule has 18 heavy (non-hydrogen) atoms. The standard InChI is InChI=1S/C13H16ClN3O/c14-12-10(5-2-6-15-12)17-13(18)11-9-4-1-3-8(9)7-16-11/h2,5-6,8-9,11,16H,1,3-4,7H2,(H,17,18). The Bertz CT molecular complexity index is 465. The van der Waals surface area contributed by atoms with Crippen LogP contribution >= 0.6 is 11.6 Å². The maximum Gasteiger partial charge on any atom is 0.241 e. The number of carbonyl (C=O) groups is 1. The zero-order valence-corrected chi connectivity index (χ0v) is 10.8. The lowest BCUT2D eigenvalue weighted by molar-refractivity contribution is -0.118. The summed E-state index contributed by atoms with van der Waals surface area (Å²) in [6, 6.07) is 3.46. The second-order valence-electron chi connectivity index (χ2n) is 5.07. The van der Waals surface area contributed by atoms with Crippen molar-refractivity contribution in [1.82, 2.24) is 10.3 Å². The molecule has 3 unspecified atom stereocenters. The van der Waals surface area contributed by atoms with Crippen molar-refractivity contribution in [1.29, 1.82) is 0 Å². The predicted octanol–water partition coefficient (Wildman–Crippen LogP) is 2.06. The second kappa shape index (κ2) is 4.86. The minimum atomic E-state index is -0.0752. The molecule has 0 radical (unpaired) electrons. The lowest BCUT2D eigenvalue weighted by atomic mass is 9.93. The summed E-state index contributed by atoms with van der Waals surface area (Å²) in [6.07, 6.45) is 5.25. The van der Waals surface area contributed by atoms with E-state index < -0.39 is 0 Å². The Morgan fingerprint density at radius 2 is 2.39 bits per heavy atom. The minimum Gasteiger partial charge on any atom is -0.322 e. The van der Waals surface area contributed by atoms with Crippen molar-refractivity contribution in [3.8, 4) is 0 Å². The number of amides is 1. The van der Waals surface area contributed by atoms with Crippen LogP contribution in [0.3, 0.4) is 0 Å². The molecule has 2 N–H and O–H groups in total. The smallest absolute Gasteiger partial charge is 0.241 e. The molecule has 2 heterocycles. The average Bonchev–Trinajstić information content (AvgIpc) is 2.93. The molecular formula is C13H16ClN3O. The van der Waals surface area contributed by atoms with E-state index in [1.165, 1.54) is 12.8 Å². The summed E-state index contributed by atoms with van der Waals surface area (Å²) in [4.78, 5) is 16.2. The molecule has 1 saturated heterocycles. The third kappa shape index (κ3) is 2.10. The number of hydrogen-bond acceptors (Lipinski definition) is 3. The van der Waals surface area contributed by atoms with E-state index >= 15 is 0 Å². The van der Waals surface area contributed by atoms with E-state index in [-0.39, 0.29) is 11.9 Å². The second-order valence-corrected chi connectivity index (χ2v) is 5.43. The fourth-order valence-electron chi connectivity index (χ4n) is 3.16. The molecule has 96 valence electrons. The van der Waals surface area contributed by atoms with Crippen molar-refractivity contribution in [3.63, 3.8) is 0 Å². The largest absolute Gasteiger partial charge is 0.322 e. The molecule has 3 rings (SSSR count). The molecule has 3 atom stereocenters. The fourth-order valence-corrected chi connectivity index (χ4v) is 3.33. The summed E-state index contributed by atoms with van der Waals surface area (Å²) in [6.45, 7) is 0.962. The number of aromatic nitrogens is 1. The molecule has 0 aromatic carbocycles. The van der Waals surface area contributed by atoms with Crippen molar-refractivity contribution in [3.05, 3.63) is 23.5 Å². The van der Waals surface area contributed by atoms with Gasteiger partial charge in [-0.15, -0.1) is 0 Å². The van der Waals surface area contributed by atoms with Crippen LogP contribution in [-0.4, -0.2) is 23.5 Å². The van der Waals surface area contributed by atoms with E-state index in [9.17, 15) is 4.79 Å². The Morgan fingerprint density at radius 3 is 3.22 bits per heavy atom. The molecule has 1 aliphatic heterocycles. The van der Waals surface area contributed by atoms with E-state index in [4.69, 9.17) is 11.6 Å². The van der Waals surface area contributed by atoms with Gasteiger partial charge in [-0.25, -0.2) is 4.98 Å². The number of carbonyl (C=O) groups excluding carboxylic acids is 1. The molecule has 1 aliphatic carbocycles. The molecular weight excluding hydrogens is 250 g/mol. The summed E-state index contributed by atoms with van der Waals surface area (Å²) >= 11 is 5.94. The first-order valence-electron chi connectivity index (χ1n) is 6.40. The highest BCUT2D eigenvalue weighted by Gasteiger charge is 2.42. The number of halogens is 1. The van der Waals surface area contributed by atoms with Crippen molar-refractivity contribution >= 4 is 23.2 Å². The zero-order valence-electron chi connectivity index (χ0n) is 10.0. The summed E-state index contributed by atoms with van der Waals surface area (Å²) in [5.41, 5.74) is 0.590. The van der Waals surface area contributed by atoms with E-state index in [1.54, 1.807) is 18.3 Å². The Balaban J connectivity index is 1.70. The van der Waals surface area contributed by atoms with Gasteiger partial charge < -0.3 is 10.6 Å². The molecule has 4 nitrogen and oxygen atoms in total. The van der Waals surface area contributed by atoms with Gasteiger partial charge in [0.2, 0.25) is 5.91 Å². The van der Waals surface area contributed by atoms with Gasteiger partial charge in [-0.3, -0.25) is 4.79 Å². The predicted molar refractivity (Wildman–Crippen MR) is 70.5 cm³/mol. The zero-order chi connectivity index (χ0) is 12.5. The van der Waals surface area contributed by atoms with Crippen LogP contribution < -0.4 is 10.6 Å². The fraction of sp³-hybridized carbons (Fsp3) is 0.538. The number of nitrogens with one attached hydrogen (secondary N) is 2. The Kier molecular flexibility index (Phi) is 3.22. The van der Waals surface area contributed by atoms with Crippen LogP contribution in [-0.2, 0) is 4.79 Å². The van der Waals surface area contributed by atoms with Gasteiger partial charge >= 0.3 is 0 Å². The van der Waals surface area contributed by atoms with Crippen LogP contribution in [0.5, 0.6) is 0 Å². The lowest BCUT2D eigenvalue weighted by Gasteiger charge is -2.17. The molecule has 1 amide bonds. The monoisotopic (exact) mass is 265 g/mol. The summed E-state index contributed by atoms with van der Waals surface area (Å²) in [5, 5.41) is 6.53. The molecule has 2 aliphatic rings. The molecule has 1 aromatic heterocycles. The highest BCUT2D eigenvalue weighted by atomic mass is 35.5. The molecule has 5 heteroatoms. The molecule has 0 spiro atoms. The van der Waals surface area contributed by atoms with Gasteiger partial charge in [0.05, 0.1) is 11.7 Å². The summed E-state index contributed by atoms with van der Waals surface area (Å²) in [7, 11) is 0. The maximum atomic E-state index is 12.2. The Labute approximate surface area is 111 Å². The average molecular weight is 266 g/mol. The number of rotatable bonds is 2. The van der Waals surface area contributed by atoms with Gasteiger partial charge in [-0.1, -0.05) is 18.0 Å². The first kappa shape index (κ1) is 11.9. The number of nitrogens with zero attached hydrogens (tertiary/aromatic N) is 1. The third-order valence-electron chi connectivity index (χ3n) is 4.05. The van der Waals surface area contributed by atoms with Crippen LogP contribution in [0.4, 0.5) is 5.69 Å². The van der Waals surface area contributed by atoms with Gasteiger partial charge in [-0.05, 0) is 43.4 Å². The number of hydrogen-bond donors (Lipinski definition) is 2. The topological polar surface area (TPSA) is 54.0 Å². The van der Waals surface area contributed by atoms with Gasteiger partial charge in [0.25, 0.3) is 0 Å². The molecule has 0 bridgehead atoms. The Hall–Kier alpha value is -1.13. The van der Waals surface area contributed by atoms with Crippen LogP contribution in [0.25, 0.3) is 0 Å². The molecule has 1 saturated carbocycles. The quantitative estimate of drug-likeness (QED) is 0.805. The number of fused-ring (bicyclic) bond motifs is 1. The highest BCUT2D eigenvalue weighted by molar-refractivity contribution is 6.32. The van der Waals surface area contributed by atoms with Crippen molar-refractivity contribution < 1.29 is 4.79 Å². The number of anilines is 1. The van der Waals surface area contributed by atoms with Gasteiger partial charge in [0.1, 0.15) is 0 Å². The van der Waals surface area contributed by atoms with Crippen LogP contribution in [0, 0.1) is 11.8 Å². The van der Waals surface area contributed by atoms with E-state index in [1.807, 2.05) is 0 Å². The van der Waals surface area contributed by atoms with Crippen LogP contribution in [0.2, 0.25) is 5.15 Å².